The molecule has 0 aliphatic carbocycles. The normalized spacial score (nSPS) is 14.5. The van der Waals surface area contributed by atoms with Gasteiger partial charge in [-0.05, 0) is 12.5 Å². The third-order valence-electron chi connectivity index (χ3n) is 3.21. The van der Waals surface area contributed by atoms with E-state index in [2.05, 4.69) is 5.11 Å². The van der Waals surface area contributed by atoms with Gasteiger partial charge in [-0.15, -0.1) is 0 Å². The number of rotatable bonds is 8. The molecule has 1 rings (SSSR count). The SMILES string of the molecule is [2H]OC(=O)C[C@H](N)C(=O)[C@@](C)(NC(=O)OCc1ccccc1)C(=O)O. The van der Waals surface area contributed by atoms with E-state index in [9.17, 15) is 24.3 Å². The van der Waals surface area contributed by atoms with Crippen LogP contribution in [0.15, 0.2) is 30.3 Å². The summed E-state index contributed by atoms with van der Waals surface area (Å²) in [7, 11) is 0. The van der Waals surface area contributed by atoms with E-state index in [1.807, 2.05) is 5.32 Å². The molecule has 0 aromatic heterocycles. The summed E-state index contributed by atoms with van der Waals surface area (Å²) in [5, 5.41) is 14.9. The van der Waals surface area contributed by atoms with E-state index in [1.54, 1.807) is 30.3 Å². The monoisotopic (exact) mass is 339 g/mol. The highest BCUT2D eigenvalue weighted by Gasteiger charge is 2.45. The molecule has 0 heterocycles. The number of nitrogens with two attached hydrogens (primary N) is 1. The van der Waals surface area contributed by atoms with Crippen molar-refractivity contribution in [2.24, 2.45) is 5.73 Å². The number of hydrogen-bond acceptors (Lipinski definition) is 7. The Bertz CT molecular complexity index is 653. The molecular formula is C15H18N2O7. The predicted octanol–water partition coefficient (Wildman–Crippen LogP) is 0.127. The molecule has 130 valence electrons. The van der Waals surface area contributed by atoms with Crippen molar-refractivity contribution in [3.63, 3.8) is 0 Å². The highest BCUT2D eigenvalue weighted by Crippen LogP contribution is 2.11. The lowest BCUT2D eigenvalue weighted by Gasteiger charge is -2.26. The number of alkyl carbamates (subject to hydrolysis) is 1. The highest BCUT2D eigenvalue weighted by atomic mass is 16.5. The van der Waals surface area contributed by atoms with Crippen molar-refractivity contribution < 1.29 is 34.1 Å². The summed E-state index contributed by atoms with van der Waals surface area (Å²) in [5.74, 6) is -3.92. The van der Waals surface area contributed by atoms with Gasteiger partial charge in [-0.2, -0.15) is 0 Å². The van der Waals surface area contributed by atoms with Crippen LogP contribution in [0.4, 0.5) is 4.79 Å². The molecule has 0 saturated heterocycles. The van der Waals surface area contributed by atoms with Gasteiger partial charge in [0.25, 0.3) is 1.43 Å². The van der Waals surface area contributed by atoms with Crippen LogP contribution < -0.4 is 11.1 Å². The summed E-state index contributed by atoms with van der Waals surface area (Å²) < 4.78 is 11.3. The fraction of sp³-hybridized carbons (Fsp3) is 0.333. The molecule has 0 saturated carbocycles. The summed E-state index contributed by atoms with van der Waals surface area (Å²) in [6, 6.07) is 7.03. The zero-order chi connectivity index (χ0) is 19.0. The maximum absolute atomic E-state index is 12.2. The van der Waals surface area contributed by atoms with Crippen molar-refractivity contribution in [1.29, 1.82) is 1.43 Å². The maximum atomic E-state index is 12.2. The highest BCUT2D eigenvalue weighted by molar-refractivity contribution is 6.12. The molecule has 0 radical (unpaired) electrons. The van der Waals surface area contributed by atoms with Gasteiger partial charge in [0.05, 0.1) is 12.5 Å². The molecular weight excluding hydrogens is 320 g/mol. The van der Waals surface area contributed by atoms with E-state index >= 15 is 0 Å². The Hall–Kier alpha value is -2.94. The van der Waals surface area contributed by atoms with Crippen molar-refractivity contribution in [1.82, 2.24) is 5.32 Å². The fourth-order valence-corrected chi connectivity index (χ4v) is 1.83. The van der Waals surface area contributed by atoms with Crippen LogP contribution in [0.2, 0.25) is 0 Å². The minimum absolute atomic E-state index is 0.131. The third-order valence-corrected chi connectivity index (χ3v) is 3.21. The maximum Gasteiger partial charge on any atom is 0.408 e. The van der Waals surface area contributed by atoms with Crippen LogP contribution in [-0.4, -0.2) is 45.6 Å². The average Bonchev–Trinajstić information content (AvgIpc) is 2.59. The second-order valence-electron chi connectivity index (χ2n) is 5.16. The fourth-order valence-electron chi connectivity index (χ4n) is 1.83. The molecule has 1 amide bonds. The molecule has 5 N–H and O–H groups in total. The van der Waals surface area contributed by atoms with Crippen LogP contribution in [0.5, 0.6) is 0 Å². The lowest BCUT2D eigenvalue weighted by atomic mass is 9.90. The molecule has 1 aromatic carbocycles. The van der Waals surface area contributed by atoms with E-state index in [1.165, 1.54) is 0 Å². The van der Waals surface area contributed by atoms with E-state index < -0.39 is 41.8 Å². The molecule has 0 bridgehead atoms. The molecule has 24 heavy (non-hydrogen) atoms. The largest absolute Gasteiger partial charge is 0.481 e. The standard InChI is InChI=1S/C15H18N2O7/c1-15(13(21)22,12(20)10(16)7-11(18)19)17-14(23)24-8-9-5-3-2-4-6-9/h2-6,10H,7-8,16H2,1H3,(H,17,23)(H,18,19)(H,21,22)/t10-,15+/m0/s1/i/hD. The summed E-state index contributed by atoms with van der Waals surface area (Å²) in [6.07, 6.45) is -1.84. The second kappa shape index (κ2) is 8.06. The van der Waals surface area contributed by atoms with Gasteiger partial charge < -0.3 is 20.7 Å². The minimum atomic E-state index is -2.41. The first-order chi connectivity index (χ1) is 11.7. The number of ketones is 1. The first-order valence-corrected chi connectivity index (χ1v) is 6.89. The van der Waals surface area contributed by atoms with Gasteiger partial charge in [0.15, 0.2) is 11.3 Å². The predicted molar refractivity (Wildman–Crippen MR) is 81.0 cm³/mol. The van der Waals surface area contributed by atoms with Gasteiger partial charge in [-0.1, -0.05) is 30.3 Å². The number of ether oxygens (including phenoxy) is 1. The van der Waals surface area contributed by atoms with Crippen LogP contribution in [0, 0.1) is 0 Å². The number of nitrogens with one attached hydrogen (secondary N) is 1. The topological polar surface area (TPSA) is 156 Å². The number of carboxylic acid groups (broad SMARTS) is 2. The number of benzene rings is 1. The van der Waals surface area contributed by atoms with Crippen molar-refractivity contribution in [3.8, 4) is 0 Å². The van der Waals surface area contributed by atoms with E-state index in [-0.39, 0.29) is 6.61 Å². The van der Waals surface area contributed by atoms with Crippen molar-refractivity contribution >= 4 is 23.8 Å². The Labute approximate surface area is 138 Å². The van der Waals surface area contributed by atoms with E-state index in [4.69, 9.17) is 11.9 Å². The Morgan fingerprint density at radius 2 is 1.96 bits per heavy atom. The molecule has 9 nitrogen and oxygen atoms in total. The zero-order valence-corrected chi connectivity index (χ0v) is 12.9. The zero-order valence-electron chi connectivity index (χ0n) is 13.9. The van der Waals surface area contributed by atoms with Gasteiger partial charge in [-0.25, -0.2) is 9.59 Å². The van der Waals surface area contributed by atoms with Gasteiger partial charge in [-0.3, -0.25) is 14.9 Å². The molecule has 0 spiro atoms. The number of Topliss-reactive ketones (excluding diaryl/α,β-unsaturated/α-hetero) is 1. The Morgan fingerprint density at radius 1 is 1.33 bits per heavy atom. The molecule has 1 aromatic rings. The van der Waals surface area contributed by atoms with Gasteiger partial charge in [0, 0.05) is 0 Å². The summed E-state index contributed by atoms with van der Waals surface area (Å²) >= 11 is 0. The van der Waals surface area contributed by atoms with Crippen LogP contribution in [0.1, 0.15) is 18.9 Å². The van der Waals surface area contributed by atoms with Gasteiger partial charge in [0.2, 0.25) is 0 Å². The van der Waals surface area contributed by atoms with Crippen LogP contribution >= 0.6 is 0 Å². The molecule has 2 atom stereocenters. The van der Waals surface area contributed by atoms with E-state index in [0.29, 0.717) is 5.56 Å². The average molecular weight is 339 g/mol. The van der Waals surface area contributed by atoms with Crippen molar-refractivity contribution in [3.05, 3.63) is 35.9 Å². The third kappa shape index (κ3) is 5.06. The Morgan fingerprint density at radius 3 is 2.50 bits per heavy atom. The van der Waals surface area contributed by atoms with Gasteiger partial charge >= 0.3 is 18.0 Å². The molecule has 0 unspecified atom stereocenters. The summed E-state index contributed by atoms with van der Waals surface area (Å²) in [6.45, 7) is 0.793. The van der Waals surface area contributed by atoms with Crippen molar-refractivity contribution in [2.75, 3.05) is 0 Å². The quantitative estimate of drug-likeness (QED) is 0.487. The Kier molecular flexibility index (Phi) is 5.85. The molecule has 9 heteroatoms. The number of hydrogen-bond donors (Lipinski definition) is 4. The summed E-state index contributed by atoms with van der Waals surface area (Å²) in [4.78, 5) is 46.5. The van der Waals surface area contributed by atoms with Crippen LogP contribution in [0.25, 0.3) is 1.43 Å². The molecule has 0 aliphatic heterocycles. The first-order valence-electron chi connectivity index (χ1n) is 7.29. The summed E-state index contributed by atoms with van der Waals surface area (Å²) in [5.41, 5.74) is 3.72. The first kappa shape index (κ1) is 17.4. The number of carbonyl (C=O) groups excluding carboxylic acids is 2. The van der Waals surface area contributed by atoms with Crippen LogP contribution in [-0.2, 0) is 25.7 Å². The smallest absolute Gasteiger partial charge is 0.408 e. The Balaban J connectivity index is 2.76. The number of carboxylic acids is 2. The number of amides is 1. The van der Waals surface area contributed by atoms with E-state index in [0.717, 1.165) is 6.92 Å². The minimum Gasteiger partial charge on any atom is -0.481 e. The molecule has 0 fully saturated rings. The lowest BCUT2D eigenvalue weighted by molar-refractivity contribution is -0.151. The van der Waals surface area contributed by atoms with Crippen LogP contribution in [0.3, 0.4) is 0 Å². The molecule has 0 aliphatic rings. The van der Waals surface area contributed by atoms with Crippen molar-refractivity contribution in [2.45, 2.75) is 31.5 Å². The lowest BCUT2D eigenvalue weighted by Crippen LogP contribution is -2.62. The van der Waals surface area contributed by atoms with Gasteiger partial charge in [0.1, 0.15) is 6.61 Å². The number of aliphatic carboxylic acids is 2. The second-order valence-corrected chi connectivity index (χ2v) is 5.16. The number of carbonyl (C=O) groups is 4.